The molecule has 1 atom stereocenters. The SMILES string of the molecule is c1coc(-c2noc(CN3CCCC[C@@H]3CCn3cccn3)n2)c1. The Hall–Kier alpha value is -2.41. The zero-order chi connectivity index (χ0) is 16.2. The second kappa shape index (κ2) is 7.00. The molecule has 0 bridgehead atoms. The third-order valence-corrected chi connectivity index (χ3v) is 4.55. The zero-order valence-electron chi connectivity index (χ0n) is 13.5. The highest BCUT2D eigenvalue weighted by Gasteiger charge is 2.24. The smallest absolute Gasteiger partial charge is 0.241 e. The summed E-state index contributed by atoms with van der Waals surface area (Å²) in [4.78, 5) is 6.91. The molecule has 4 rings (SSSR count). The summed E-state index contributed by atoms with van der Waals surface area (Å²) in [5.74, 6) is 1.80. The number of hydrogen-bond acceptors (Lipinski definition) is 6. The minimum absolute atomic E-state index is 0.514. The molecule has 1 saturated heterocycles. The summed E-state index contributed by atoms with van der Waals surface area (Å²) in [5, 5.41) is 8.30. The van der Waals surface area contributed by atoms with Gasteiger partial charge in [0.25, 0.3) is 0 Å². The van der Waals surface area contributed by atoms with E-state index < -0.39 is 0 Å². The normalized spacial score (nSPS) is 18.9. The highest BCUT2D eigenvalue weighted by molar-refractivity contribution is 5.44. The van der Waals surface area contributed by atoms with Gasteiger partial charge in [-0.1, -0.05) is 11.6 Å². The van der Waals surface area contributed by atoms with Crippen LogP contribution in [-0.4, -0.2) is 37.4 Å². The van der Waals surface area contributed by atoms with Gasteiger partial charge in [0.2, 0.25) is 11.7 Å². The van der Waals surface area contributed by atoms with Gasteiger partial charge in [0.05, 0.1) is 12.8 Å². The van der Waals surface area contributed by atoms with Gasteiger partial charge in [0.15, 0.2) is 5.76 Å². The van der Waals surface area contributed by atoms with Crippen molar-refractivity contribution in [3.63, 3.8) is 0 Å². The molecule has 1 aliphatic rings. The number of likely N-dealkylation sites (tertiary alicyclic amines) is 1. The van der Waals surface area contributed by atoms with Crippen LogP contribution in [0, 0.1) is 0 Å². The van der Waals surface area contributed by atoms with E-state index in [1.165, 1.54) is 19.3 Å². The Morgan fingerprint density at radius 3 is 3.08 bits per heavy atom. The molecule has 4 heterocycles. The number of aromatic nitrogens is 4. The molecule has 0 unspecified atom stereocenters. The topological polar surface area (TPSA) is 73.1 Å². The van der Waals surface area contributed by atoms with Crippen LogP contribution in [-0.2, 0) is 13.1 Å². The van der Waals surface area contributed by atoms with E-state index in [2.05, 4.69) is 20.1 Å². The van der Waals surface area contributed by atoms with E-state index in [1.807, 2.05) is 35.3 Å². The van der Waals surface area contributed by atoms with Crippen LogP contribution >= 0.6 is 0 Å². The Balaban J connectivity index is 1.39. The lowest BCUT2D eigenvalue weighted by atomic mass is 9.99. The Labute approximate surface area is 140 Å². The molecule has 3 aromatic rings. The maximum absolute atomic E-state index is 5.41. The van der Waals surface area contributed by atoms with Crippen molar-refractivity contribution in [3.05, 3.63) is 42.7 Å². The number of hydrogen-bond donors (Lipinski definition) is 0. The van der Waals surface area contributed by atoms with Crippen LogP contribution in [0.4, 0.5) is 0 Å². The van der Waals surface area contributed by atoms with Gasteiger partial charge < -0.3 is 8.94 Å². The van der Waals surface area contributed by atoms with Crippen molar-refractivity contribution in [3.8, 4) is 11.6 Å². The minimum Gasteiger partial charge on any atom is -0.461 e. The molecular weight excluding hydrogens is 306 g/mol. The van der Waals surface area contributed by atoms with Crippen LogP contribution in [0.15, 0.2) is 45.8 Å². The molecule has 0 N–H and O–H groups in total. The summed E-state index contributed by atoms with van der Waals surface area (Å²) in [7, 11) is 0. The van der Waals surface area contributed by atoms with Crippen LogP contribution < -0.4 is 0 Å². The average molecular weight is 327 g/mol. The largest absolute Gasteiger partial charge is 0.461 e. The van der Waals surface area contributed by atoms with Crippen LogP contribution in [0.1, 0.15) is 31.6 Å². The standard InChI is InChI=1S/C17H21N5O2/c1-2-9-21(14(5-1)7-11-22-10-4-8-18-22)13-16-19-17(20-24-16)15-6-3-12-23-15/h3-4,6,8,10,12,14H,1-2,5,7,9,11,13H2/t14-/m1/s1. The van der Waals surface area contributed by atoms with E-state index in [9.17, 15) is 0 Å². The van der Waals surface area contributed by atoms with Gasteiger partial charge in [-0.3, -0.25) is 9.58 Å². The van der Waals surface area contributed by atoms with Crippen LogP contribution in [0.5, 0.6) is 0 Å². The van der Waals surface area contributed by atoms with Crippen molar-refractivity contribution in [2.45, 2.75) is 44.8 Å². The maximum Gasteiger partial charge on any atom is 0.241 e. The third-order valence-electron chi connectivity index (χ3n) is 4.55. The summed E-state index contributed by atoms with van der Waals surface area (Å²) in [6, 6.07) is 6.15. The predicted molar refractivity (Wildman–Crippen MR) is 86.9 cm³/mol. The van der Waals surface area contributed by atoms with E-state index in [-0.39, 0.29) is 0 Å². The lowest BCUT2D eigenvalue weighted by Crippen LogP contribution is -2.39. The highest BCUT2D eigenvalue weighted by atomic mass is 16.5. The molecule has 7 nitrogen and oxygen atoms in total. The van der Waals surface area contributed by atoms with E-state index in [4.69, 9.17) is 8.94 Å². The fourth-order valence-electron chi connectivity index (χ4n) is 3.31. The van der Waals surface area contributed by atoms with Crippen molar-refractivity contribution in [2.24, 2.45) is 0 Å². The summed E-state index contributed by atoms with van der Waals surface area (Å²) >= 11 is 0. The Morgan fingerprint density at radius 1 is 1.25 bits per heavy atom. The van der Waals surface area contributed by atoms with E-state index in [1.54, 1.807) is 6.26 Å². The fourth-order valence-corrected chi connectivity index (χ4v) is 3.31. The van der Waals surface area contributed by atoms with Gasteiger partial charge in [-0.05, 0) is 44.0 Å². The minimum atomic E-state index is 0.514. The molecular formula is C17H21N5O2. The first-order valence-electron chi connectivity index (χ1n) is 8.46. The van der Waals surface area contributed by atoms with Crippen LogP contribution in [0.25, 0.3) is 11.6 Å². The van der Waals surface area contributed by atoms with Crippen LogP contribution in [0.2, 0.25) is 0 Å². The molecule has 0 radical (unpaired) electrons. The maximum atomic E-state index is 5.41. The molecule has 0 amide bonds. The Bertz CT molecular complexity index is 735. The van der Waals surface area contributed by atoms with Gasteiger partial charge in [-0.15, -0.1) is 0 Å². The monoisotopic (exact) mass is 327 g/mol. The van der Waals surface area contributed by atoms with Gasteiger partial charge in [0, 0.05) is 25.0 Å². The number of piperidine rings is 1. The summed E-state index contributed by atoms with van der Waals surface area (Å²) in [6.07, 6.45) is 10.2. The average Bonchev–Trinajstić information content (AvgIpc) is 3.36. The third kappa shape index (κ3) is 3.41. The number of aryl methyl sites for hydroxylation is 1. The quantitative estimate of drug-likeness (QED) is 0.693. The Morgan fingerprint density at radius 2 is 2.25 bits per heavy atom. The second-order valence-electron chi connectivity index (χ2n) is 6.17. The summed E-state index contributed by atoms with van der Waals surface area (Å²) < 4.78 is 12.7. The molecule has 0 saturated carbocycles. The van der Waals surface area contributed by atoms with Crippen molar-refractivity contribution in [1.82, 2.24) is 24.8 Å². The summed E-state index contributed by atoms with van der Waals surface area (Å²) in [5.41, 5.74) is 0. The number of furan rings is 1. The predicted octanol–water partition coefficient (Wildman–Crippen LogP) is 2.97. The molecule has 0 spiro atoms. The second-order valence-corrected chi connectivity index (χ2v) is 6.17. The fraction of sp³-hybridized carbons (Fsp3) is 0.471. The molecule has 126 valence electrons. The number of nitrogens with zero attached hydrogens (tertiary/aromatic N) is 5. The van der Waals surface area contributed by atoms with Crippen molar-refractivity contribution in [2.75, 3.05) is 6.54 Å². The molecule has 7 heteroatoms. The van der Waals surface area contributed by atoms with E-state index in [0.29, 0.717) is 30.1 Å². The highest BCUT2D eigenvalue weighted by Crippen LogP contribution is 2.23. The van der Waals surface area contributed by atoms with E-state index >= 15 is 0 Å². The molecule has 0 aliphatic carbocycles. The van der Waals surface area contributed by atoms with E-state index in [0.717, 1.165) is 19.5 Å². The molecule has 0 aromatic carbocycles. The lowest BCUT2D eigenvalue weighted by Gasteiger charge is -2.34. The Kier molecular flexibility index (Phi) is 4.42. The van der Waals surface area contributed by atoms with Crippen molar-refractivity contribution in [1.29, 1.82) is 0 Å². The zero-order valence-corrected chi connectivity index (χ0v) is 13.5. The molecule has 3 aromatic heterocycles. The van der Waals surface area contributed by atoms with Gasteiger partial charge in [-0.2, -0.15) is 10.1 Å². The van der Waals surface area contributed by atoms with Gasteiger partial charge in [-0.25, -0.2) is 0 Å². The molecule has 1 fully saturated rings. The van der Waals surface area contributed by atoms with Crippen molar-refractivity contribution >= 4 is 0 Å². The lowest BCUT2D eigenvalue weighted by molar-refractivity contribution is 0.113. The first-order chi connectivity index (χ1) is 11.9. The molecule has 24 heavy (non-hydrogen) atoms. The van der Waals surface area contributed by atoms with Crippen molar-refractivity contribution < 1.29 is 8.94 Å². The van der Waals surface area contributed by atoms with Gasteiger partial charge in [0.1, 0.15) is 0 Å². The molecule has 1 aliphatic heterocycles. The summed E-state index contributed by atoms with van der Waals surface area (Å²) in [6.45, 7) is 2.70. The first kappa shape index (κ1) is 15.1. The van der Waals surface area contributed by atoms with Gasteiger partial charge >= 0.3 is 0 Å². The van der Waals surface area contributed by atoms with Crippen LogP contribution in [0.3, 0.4) is 0 Å². The first-order valence-corrected chi connectivity index (χ1v) is 8.46. The number of rotatable bonds is 6.